The smallest absolute Gasteiger partial charge is 0.224 e. The Balaban J connectivity index is 2.43. The van der Waals surface area contributed by atoms with E-state index in [1.165, 1.54) is 0 Å². The van der Waals surface area contributed by atoms with Gasteiger partial charge in [0, 0.05) is 18.2 Å². The van der Waals surface area contributed by atoms with Crippen LogP contribution in [0.2, 0.25) is 0 Å². The molecule has 0 unspecified atom stereocenters. The summed E-state index contributed by atoms with van der Waals surface area (Å²) in [6.07, 6.45) is 0.870. The number of para-hydroxylation sites is 1. The molecule has 0 heterocycles. The number of aryl methyl sites for hydroxylation is 1. The van der Waals surface area contributed by atoms with Crippen molar-refractivity contribution < 1.29 is 14.3 Å². The molecule has 4 nitrogen and oxygen atoms in total. The van der Waals surface area contributed by atoms with Crippen molar-refractivity contribution in [1.29, 1.82) is 0 Å². The van der Waals surface area contributed by atoms with E-state index < -0.39 is 0 Å². The van der Waals surface area contributed by atoms with Gasteiger partial charge in [0.05, 0.1) is 20.8 Å². The number of anilines is 1. The van der Waals surface area contributed by atoms with Crippen LogP contribution in [-0.4, -0.2) is 20.1 Å². The van der Waals surface area contributed by atoms with Crippen LogP contribution in [-0.2, 0) is 17.8 Å². The lowest BCUT2D eigenvalue weighted by molar-refractivity contribution is -0.116. The number of amides is 1. The van der Waals surface area contributed by atoms with E-state index in [0.29, 0.717) is 6.54 Å². The summed E-state index contributed by atoms with van der Waals surface area (Å²) in [4.78, 5) is 14.0. The molecule has 0 aliphatic rings. The number of hydrogen-bond donors (Lipinski definition) is 0. The van der Waals surface area contributed by atoms with Crippen LogP contribution in [0.1, 0.15) is 25.0 Å². The Bertz CT molecular complexity index is 682. The summed E-state index contributed by atoms with van der Waals surface area (Å²) in [7, 11) is 3.25. The molecule has 0 aliphatic carbocycles. The standard InChI is InChI=1S/C19H23NO3/c1-5-15-8-6-7-9-18(15)20(14(2)21)13-16-12-17(22-3)10-11-19(16)23-4/h6-12H,5,13H2,1-4H3. The van der Waals surface area contributed by atoms with E-state index in [1.54, 1.807) is 26.0 Å². The van der Waals surface area contributed by atoms with Crippen LogP contribution in [0.25, 0.3) is 0 Å². The summed E-state index contributed by atoms with van der Waals surface area (Å²) in [5.74, 6) is 1.48. The Labute approximate surface area is 137 Å². The molecule has 2 aromatic rings. The van der Waals surface area contributed by atoms with Gasteiger partial charge >= 0.3 is 0 Å². The fourth-order valence-corrected chi connectivity index (χ4v) is 2.62. The van der Waals surface area contributed by atoms with E-state index in [2.05, 4.69) is 6.92 Å². The molecule has 0 saturated heterocycles. The lowest BCUT2D eigenvalue weighted by atomic mass is 10.1. The molecule has 1 amide bonds. The number of nitrogens with zero attached hydrogens (tertiary/aromatic N) is 1. The average Bonchev–Trinajstić information content (AvgIpc) is 2.59. The lowest BCUT2D eigenvalue weighted by Gasteiger charge is -2.25. The third-order valence-corrected chi connectivity index (χ3v) is 3.86. The molecule has 2 rings (SSSR count). The van der Waals surface area contributed by atoms with Crippen LogP contribution in [0.4, 0.5) is 5.69 Å². The molecular formula is C19H23NO3. The maximum atomic E-state index is 12.2. The van der Waals surface area contributed by atoms with Crippen molar-refractivity contribution in [2.75, 3.05) is 19.1 Å². The second-order valence-electron chi connectivity index (χ2n) is 5.27. The molecule has 122 valence electrons. The Kier molecular flexibility index (Phi) is 5.63. The van der Waals surface area contributed by atoms with Crippen LogP contribution < -0.4 is 14.4 Å². The molecular weight excluding hydrogens is 290 g/mol. The minimum Gasteiger partial charge on any atom is -0.497 e. The minimum atomic E-state index is -0.00391. The van der Waals surface area contributed by atoms with Gasteiger partial charge in [-0.05, 0) is 36.2 Å². The lowest BCUT2D eigenvalue weighted by Crippen LogP contribution is -2.29. The van der Waals surface area contributed by atoms with Gasteiger partial charge in [0.1, 0.15) is 11.5 Å². The number of carbonyl (C=O) groups excluding carboxylic acids is 1. The molecule has 0 aliphatic heterocycles. The van der Waals surface area contributed by atoms with Crippen molar-refractivity contribution in [3.63, 3.8) is 0 Å². The van der Waals surface area contributed by atoms with Crippen LogP contribution in [0, 0.1) is 0 Å². The molecule has 0 bridgehead atoms. The zero-order chi connectivity index (χ0) is 16.8. The Hall–Kier alpha value is -2.49. The molecule has 0 radical (unpaired) electrons. The highest BCUT2D eigenvalue weighted by Gasteiger charge is 2.17. The van der Waals surface area contributed by atoms with Crippen molar-refractivity contribution in [3.05, 3.63) is 53.6 Å². The Morgan fingerprint density at radius 1 is 1.04 bits per heavy atom. The van der Waals surface area contributed by atoms with Crippen molar-refractivity contribution in [2.45, 2.75) is 26.8 Å². The van der Waals surface area contributed by atoms with Gasteiger partial charge in [-0.15, -0.1) is 0 Å². The first-order chi connectivity index (χ1) is 11.1. The topological polar surface area (TPSA) is 38.8 Å². The van der Waals surface area contributed by atoms with Crippen molar-refractivity contribution in [3.8, 4) is 11.5 Å². The summed E-state index contributed by atoms with van der Waals surface area (Å²) in [6, 6.07) is 13.6. The van der Waals surface area contributed by atoms with Crippen LogP contribution in [0.5, 0.6) is 11.5 Å². The van der Waals surface area contributed by atoms with Gasteiger partial charge in [-0.3, -0.25) is 4.79 Å². The van der Waals surface area contributed by atoms with Crippen molar-refractivity contribution >= 4 is 11.6 Å². The van der Waals surface area contributed by atoms with Crippen LogP contribution in [0.15, 0.2) is 42.5 Å². The quantitative estimate of drug-likeness (QED) is 0.814. The molecule has 4 heteroatoms. The van der Waals surface area contributed by atoms with Gasteiger partial charge in [0.15, 0.2) is 0 Å². The SMILES string of the molecule is CCc1ccccc1N(Cc1cc(OC)ccc1OC)C(C)=O. The van der Waals surface area contributed by atoms with E-state index in [9.17, 15) is 4.79 Å². The predicted molar refractivity (Wildman–Crippen MR) is 92.2 cm³/mol. The van der Waals surface area contributed by atoms with Gasteiger partial charge in [-0.1, -0.05) is 25.1 Å². The third-order valence-electron chi connectivity index (χ3n) is 3.86. The second kappa shape index (κ2) is 7.68. The van der Waals surface area contributed by atoms with E-state index in [-0.39, 0.29) is 5.91 Å². The van der Waals surface area contributed by atoms with E-state index in [4.69, 9.17) is 9.47 Å². The highest BCUT2D eigenvalue weighted by Crippen LogP contribution is 2.29. The highest BCUT2D eigenvalue weighted by atomic mass is 16.5. The Morgan fingerprint density at radius 3 is 2.39 bits per heavy atom. The number of ether oxygens (including phenoxy) is 2. The number of hydrogen-bond acceptors (Lipinski definition) is 3. The van der Waals surface area contributed by atoms with Crippen molar-refractivity contribution in [1.82, 2.24) is 0 Å². The van der Waals surface area contributed by atoms with E-state index >= 15 is 0 Å². The van der Waals surface area contributed by atoms with Crippen LogP contribution >= 0.6 is 0 Å². The first-order valence-corrected chi connectivity index (χ1v) is 7.67. The average molecular weight is 313 g/mol. The molecule has 0 atom stereocenters. The number of carbonyl (C=O) groups is 1. The molecule has 0 N–H and O–H groups in total. The first-order valence-electron chi connectivity index (χ1n) is 7.67. The second-order valence-corrected chi connectivity index (χ2v) is 5.27. The Morgan fingerprint density at radius 2 is 1.78 bits per heavy atom. The van der Waals surface area contributed by atoms with E-state index in [1.807, 2.05) is 42.5 Å². The van der Waals surface area contributed by atoms with Gasteiger partial charge < -0.3 is 14.4 Å². The molecule has 0 aromatic heterocycles. The zero-order valence-corrected chi connectivity index (χ0v) is 14.1. The maximum absolute atomic E-state index is 12.2. The van der Waals surface area contributed by atoms with Crippen molar-refractivity contribution in [2.24, 2.45) is 0 Å². The summed E-state index contributed by atoms with van der Waals surface area (Å²) >= 11 is 0. The number of benzene rings is 2. The largest absolute Gasteiger partial charge is 0.497 e. The van der Waals surface area contributed by atoms with Gasteiger partial charge in [0.25, 0.3) is 0 Å². The zero-order valence-electron chi connectivity index (χ0n) is 14.1. The van der Waals surface area contributed by atoms with Gasteiger partial charge in [-0.25, -0.2) is 0 Å². The fraction of sp³-hybridized carbons (Fsp3) is 0.316. The minimum absolute atomic E-state index is 0.00391. The molecule has 0 saturated carbocycles. The molecule has 23 heavy (non-hydrogen) atoms. The summed E-state index contributed by atoms with van der Waals surface area (Å²) in [5, 5.41) is 0. The number of rotatable bonds is 6. The predicted octanol–water partition coefficient (Wildman–Crippen LogP) is 3.82. The summed E-state index contributed by atoms with van der Waals surface area (Å²) < 4.78 is 10.7. The highest BCUT2D eigenvalue weighted by molar-refractivity contribution is 5.92. The molecule has 0 fully saturated rings. The number of methoxy groups -OCH3 is 2. The van der Waals surface area contributed by atoms with Gasteiger partial charge in [-0.2, -0.15) is 0 Å². The molecule has 0 spiro atoms. The van der Waals surface area contributed by atoms with Crippen LogP contribution in [0.3, 0.4) is 0 Å². The first kappa shape index (κ1) is 16.9. The summed E-state index contributed by atoms with van der Waals surface area (Å²) in [6.45, 7) is 4.11. The summed E-state index contributed by atoms with van der Waals surface area (Å²) in [5.41, 5.74) is 2.99. The third kappa shape index (κ3) is 3.83. The maximum Gasteiger partial charge on any atom is 0.224 e. The fourth-order valence-electron chi connectivity index (χ4n) is 2.62. The van der Waals surface area contributed by atoms with E-state index in [0.717, 1.165) is 34.7 Å². The molecule has 2 aromatic carbocycles. The monoisotopic (exact) mass is 313 g/mol. The van der Waals surface area contributed by atoms with Gasteiger partial charge in [0.2, 0.25) is 5.91 Å². The normalized spacial score (nSPS) is 10.3.